The molecule has 0 saturated heterocycles. The zero-order valence-electron chi connectivity index (χ0n) is 16.1. The van der Waals surface area contributed by atoms with E-state index in [1.807, 2.05) is 33.8 Å². The van der Waals surface area contributed by atoms with E-state index in [9.17, 15) is 9.59 Å². The summed E-state index contributed by atoms with van der Waals surface area (Å²) >= 11 is 0. The number of nitrogens with one attached hydrogen (secondary N) is 1. The normalized spacial score (nSPS) is 11.0. The second kappa shape index (κ2) is 10.9. The zero-order chi connectivity index (χ0) is 18.8. The lowest BCUT2D eigenvalue weighted by molar-refractivity contribution is -0.138. The SMILES string of the molecule is CCNCCc1ccc(OC(=O)CC(C)C)c(OC(=O)CC(C)C)c1. The Kier molecular flexibility index (Phi) is 9.21. The molecule has 1 N–H and O–H groups in total. The molecule has 0 heterocycles. The van der Waals surface area contributed by atoms with E-state index in [0.717, 1.165) is 25.1 Å². The molecule has 5 nitrogen and oxygen atoms in total. The van der Waals surface area contributed by atoms with Gasteiger partial charge in [0.05, 0.1) is 0 Å². The van der Waals surface area contributed by atoms with Crippen molar-refractivity contribution in [1.82, 2.24) is 5.32 Å². The van der Waals surface area contributed by atoms with E-state index >= 15 is 0 Å². The summed E-state index contributed by atoms with van der Waals surface area (Å²) < 4.78 is 10.9. The fraction of sp³-hybridized carbons (Fsp3) is 0.600. The van der Waals surface area contributed by atoms with Gasteiger partial charge in [-0.1, -0.05) is 40.7 Å². The molecule has 0 radical (unpaired) electrons. The predicted molar refractivity (Wildman–Crippen MR) is 98.9 cm³/mol. The number of esters is 2. The summed E-state index contributed by atoms with van der Waals surface area (Å²) in [6, 6.07) is 5.39. The summed E-state index contributed by atoms with van der Waals surface area (Å²) in [6.45, 7) is 11.6. The first-order chi connectivity index (χ1) is 11.8. The van der Waals surface area contributed by atoms with Crippen molar-refractivity contribution in [3.8, 4) is 11.5 Å². The number of carbonyl (C=O) groups excluding carboxylic acids is 2. The molecule has 0 atom stereocenters. The van der Waals surface area contributed by atoms with Crippen LogP contribution >= 0.6 is 0 Å². The van der Waals surface area contributed by atoms with Gasteiger partial charge in [-0.2, -0.15) is 0 Å². The summed E-state index contributed by atoms with van der Waals surface area (Å²) in [7, 11) is 0. The first-order valence-electron chi connectivity index (χ1n) is 9.06. The first kappa shape index (κ1) is 21.2. The van der Waals surface area contributed by atoms with Crippen LogP contribution in [0.1, 0.15) is 53.0 Å². The molecule has 140 valence electrons. The third-order valence-electron chi connectivity index (χ3n) is 3.45. The van der Waals surface area contributed by atoms with Gasteiger partial charge in [-0.25, -0.2) is 0 Å². The third-order valence-corrected chi connectivity index (χ3v) is 3.45. The van der Waals surface area contributed by atoms with E-state index < -0.39 is 0 Å². The zero-order valence-corrected chi connectivity index (χ0v) is 16.1. The lowest BCUT2D eigenvalue weighted by Gasteiger charge is -2.14. The van der Waals surface area contributed by atoms with E-state index in [2.05, 4.69) is 12.2 Å². The van der Waals surface area contributed by atoms with Gasteiger partial charge in [0.2, 0.25) is 0 Å². The molecular formula is C20H31NO4. The van der Waals surface area contributed by atoms with Gasteiger partial charge >= 0.3 is 11.9 Å². The summed E-state index contributed by atoms with van der Waals surface area (Å²) in [5, 5.41) is 3.26. The van der Waals surface area contributed by atoms with Gasteiger partial charge < -0.3 is 14.8 Å². The van der Waals surface area contributed by atoms with E-state index in [1.165, 1.54) is 0 Å². The Hall–Kier alpha value is -1.88. The second-order valence-corrected chi connectivity index (χ2v) is 7.03. The lowest BCUT2D eigenvalue weighted by atomic mass is 10.1. The van der Waals surface area contributed by atoms with Crippen molar-refractivity contribution < 1.29 is 19.1 Å². The van der Waals surface area contributed by atoms with E-state index in [-0.39, 0.29) is 23.8 Å². The molecule has 1 rings (SSSR count). The fourth-order valence-corrected chi connectivity index (χ4v) is 2.28. The second-order valence-electron chi connectivity index (χ2n) is 7.03. The molecule has 0 spiro atoms. The van der Waals surface area contributed by atoms with Crippen LogP contribution in [0.4, 0.5) is 0 Å². The molecule has 0 aliphatic heterocycles. The lowest BCUT2D eigenvalue weighted by Crippen LogP contribution is -2.17. The number of hydrogen-bond acceptors (Lipinski definition) is 5. The number of likely N-dealkylation sites (N-methyl/N-ethyl adjacent to an activating group) is 1. The molecule has 0 fully saturated rings. The Morgan fingerprint density at radius 2 is 1.52 bits per heavy atom. The minimum absolute atomic E-state index is 0.205. The van der Waals surface area contributed by atoms with Gasteiger partial charge in [-0.15, -0.1) is 0 Å². The predicted octanol–water partition coefficient (Wildman–Crippen LogP) is 3.74. The highest BCUT2D eigenvalue weighted by Crippen LogP contribution is 2.30. The van der Waals surface area contributed by atoms with Crippen LogP contribution in [0.25, 0.3) is 0 Å². The molecule has 25 heavy (non-hydrogen) atoms. The molecule has 5 heteroatoms. The molecule has 0 aliphatic carbocycles. The van der Waals surface area contributed by atoms with E-state index in [1.54, 1.807) is 12.1 Å². The molecule has 0 aromatic heterocycles. The van der Waals surface area contributed by atoms with Gasteiger partial charge in [0, 0.05) is 12.8 Å². The maximum absolute atomic E-state index is 12.0. The summed E-state index contributed by atoms with van der Waals surface area (Å²) in [5.41, 5.74) is 1.02. The first-order valence-corrected chi connectivity index (χ1v) is 9.06. The highest BCUT2D eigenvalue weighted by Gasteiger charge is 2.16. The maximum atomic E-state index is 12.0. The van der Waals surface area contributed by atoms with Crippen LogP contribution in [0, 0.1) is 11.8 Å². The average Bonchev–Trinajstić information content (AvgIpc) is 2.48. The average molecular weight is 349 g/mol. The third kappa shape index (κ3) is 8.68. The van der Waals surface area contributed by atoms with Crippen LogP contribution in [0.3, 0.4) is 0 Å². The van der Waals surface area contributed by atoms with Gasteiger partial charge in [0.15, 0.2) is 11.5 Å². The summed E-state index contributed by atoms with van der Waals surface area (Å²) in [4.78, 5) is 24.0. The Balaban J connectivity index is 2.92. The Bertz CT molecular complexity index is 567. The largest absolute Gasteiger partial charge is 0.423 e. The van der Waals surface area contributed by atoms with E-state index in [4.69, 9.17) is 9.47 Å². The summed E-state index contributed by atoms with van der Waals surface area (Å²) in [5.74, 6) is 0.387. The van der Waals surface area contributed by atoms with Gasteiger partial charge in [0.1, 0.15) is 0 Å². The van der Waals surface area contributed by atoms with Gasteiger partial charge in [-0.3, -0.25) is 9.59 Å². The molecule has 0 bridgehead atoms. The fourth-order valence-electron chi connectivity index (χ4n) is 2.28. The molecule has 0 unspecified atom stereocenters. The van der Waals surface area contributed by atoms with Crippen molar-refractivity contribution in [3.05, 3.63) is 23.8 Å². The van der Waals surface area contributed by atoms with E-state index in [0.29, 0.717) is 24.3 Å². The Morgan fingerprint density at radius 3 is 2.04 bits per heavy atom. The minimum Gasteiger partial charge on any atom is -0.423 e. The highest BCUT2D eigenvalue weighted by atomic mass is 16.6. The van der Waals surface area contributed by atoms with Crippen LogP contribution in [-0.4, -0.2) is 25.0 Å². The number of carbonyl (C=O) groups is 2. The topological polar surface area (TPSA) is 64.6 Å². The van der Waals surface area contributed by atoms with Crippen molar-refractivity contribution in [3.63, 3.8) is 0 Å². The molecule has 0 saturated carbocycles. The van der Waals surface area contributed by atoms with Crippen LogP contribution in [0.2, 0.25) is 0 Å². The van der Waals surface area contributed by atoms with Crippen LogP contribution < -0.4 is 14.8 Å². The maximum Gasteiger partial charge on any atom is 0.311 e. The molecular weight excluding hydrogens is 318 g/mol. The van der Waals surface area contributed by atoms with Crippen LogP contribution in [0.5, 0.6) is 11.5 Å². The van der Waals surface area contributed by atoms with Crippen LogP contribution in [-0.2, 0) is 16.0 Å². The summed E-state index contributed by atoms with van der Waals surface area (Å²) in [6.07, 6.45) is 1.45. The van der Waals surface area contributed by atoms with Crippen molar-refractivity contribution in [2.75, 3.05) is 13.1 Å². The van der Waals surface area contributed by atoms with Gasteiger partial charge in [0.25, 0.3) is 0 Å². The molecule has 0 amide bonds. The Labute approximate surface area is 151 Å². The smallest absolute Gasteiger partial charge is 0.311 e. The highest BCUT2D eigenvalue weighted by molar-refractivity contribution is 5.76. The van der Waals surface area contributed by atoms with Crippen molar-refractivity contribution in [1.29, 1.82) is 0 Å². The number of rotatable bonds is 10. The monoisotopic (exact) mass is 349 g/mol. The number of benzene rings is 1. The van der Waals surface area contributed by atoms with Crippen molar-refractivity contribution in [2.45, 2.75) is 53.9 Å². The number of ether oxygens (including phenoxy) is 2. The quantitative estimate of drug-likeness (QED) is 0.396. The number of hydrogen-bond donors (Lipinski definition) is 1. The molecule has 0 aliphatic rings. The van der Waals surface area contributed by atoms with Crippen molar-refractivity contribution in [2.24, 2.45) is 11.8 Å². The Morgan fingerprint density at radius 1 is 0.960 bits per heavy atom. The standard InChI is InChI=1S/C20H31NO4/c1-6-21-10-9-16-7-8-17(24-19(22)11-14(2)3)18(13-16)25-20(23)12-15(4)5/h7-8,13-15,21H,6,9-12H2,1-5H3. The van der Waals surface area contributed by atoms with Crippen LogP contribution in [0.15, 0.2) is 18.2 Å². The molecule has 1 aromatic carbocycles. The van der Waals surface area contributed by atoms with Crippen molar-refractivity contribution >= 4 is 11.9 Å². The molecule has 1 aromatic rings. The van der Waals surface area contributed by atoms with Gasteiger partial charge in [-0.05, 0) is 49.0 Å². The minimum atomic E-state index is -0.323.